The van der Waals surface area contributed by atoms with Crippen LogP contribution in [0, 0.1) is 0 Å². The fraction of sp³-hybridized carbons (Fsp3) is 0.625. The van der Waals surface area contributed by atoms with Gasteiger partial charge in [0.1, 0.15) is 0 Å². The summed E-state index contributed by atoms with van der Waals surface area (Å²) in [7, 11) is 3.38. The van der Waals surface area contributed by atoms with E-state index in [0.29, 0.717) is 12.4 Å². The molecule has 6 heteroatoms. The Labute approximate surface area is 133 Å². The number of aliphatic imine (C=N–C) groups is 1. The van der Waals surface area contributed by atoms with Gasteiger partial charge < -0.3 is 20.1 Å². The minimum Gasteiger partial charge on any atom is -0.481 e. The van der Waals surface area contributed by atoms with Crippen molar-refractivity contribution in [2.24, 2.45) is 4.99 Å². The molecule has 0 aromatic carbocycles. The summed E-state index contributed by atoms with van der Waals surface area (Å²) in [5.74, 6) is 1.40. The lowest BCUT2D eigenvalue weighted by atomic mass is 10.2. The number of unbranched alkanes of at least 4 members (excludes halogenated alkanes) is 1. The minimum atomic E-state index is 0.615. The number of methoxy groups -OCH3 is 1. The van der Waals surface area contributed by atoms with Crippen LogP contribution in [0.25, 0.3) is 0 Å². The Morgan fingerprint density at radius 2 is 2.09 bits per heavy atom. The van der Waals surface area contributed by atoms with Crippen LogP contribution >= 0.6 is 0 Å². The van der Waals surface area contributed by atoms with Crippen molar-refractivity contribution in [1.82, 2.24) is 15.6 Å². The second-order valence-electron chi connectivity index (χ2n) is 4.84. The lowest BCUT2D eigenvalue weighted by Crippen LogP contribution is -2.37. The number of nitrogens with zero attached hydrogens (tertiary/aromatic N) is 2. The van der Waals surface area contributed by atoms with E-state index < -0.39 is 0 Å². The molecule has 0 amide bonds. The van der Waals surface area contributed by atoms with Crippen LogP contribution in [-0.4, -0.2) is 44.9 Å². The largest absolute Gasteiger partial charge is 0.481 e. The first kappa shape index (κ1) is 18.2. The number of hydrogen-bond acceptors (Lipinski definition) is 4. The smallest absolute Gasteiger partial charge is 0.218 e. The average molecular weight is 308 g/mol. The van der Waals surface area contributed by atoms with Gasteiger partial charge >= 0.3 is 0 Å². The third-order valence-electron chi connectivity index (χ3n) is 3.11. The van der Waals surface area contributed by atoms with E-state index in [-0.39, 0.29) is 0 Å². The van der Waals surface area contributed by atoms with Crippen molar-refractivity contribution in [2.75, 3.05) is 33.9 Å². The number of hydrogen-bond donors (Lipinski definition) is 2. The summed E-state index contributed by atoms with van der Waals surface area (Å²) in [4.78, 5) is 8.37. The normalized spacial score (nSPS) is 11.3. The molecule has 0 radical (unpaired) electrons. The van der Waals surface area contributed by atoms with Gasteiger partial charge in [-0.2, -0.15) is 0 Å². The van der Waals surface area contributed by atoms with Crippen LogP contribution in [0.5, 0.6) is 5.88 Å². The molecule has 1 heterocycles. The number of guanidine groups is 1. The summed E-state index contributed by atoms with van der Waals surface area (Å²) in [5.41, 5.74) is 0.996. The molecule has 0 saturated heterocycles. The van der Waals surface area contributed by atoms with Crippen LogP contribution in [0.4, 0.5) is 0 Å². The first-order chi connectivity index (χ1) is 10.8. The highest BCUT2D eigenvalue weighted by Crippen LogP contribution is 2.12. The monoisotopic (exact) mass is 308 g/mol. The second-order valence-corrected chi connectivity index (χ2v) is 4.84. The van der Waals surface area contributed by atoms with Crippen molar-refractivity contribution in [2.45, 2.75) is 32.7 Å². The molecule has 1 aromatic rings. The number of rotatable bonds is 10. The van der Waals surface area contributed by atoms with E-state index >= 15 is 0 Å². The summed E-state index contributed by atoms with van der Waals surface area (Å²) >= 11 is 0. The van der Waals surface area contributed by atoms with E-state index in [9.17, 15) is 0 Å². The Balaban J connectivity index is 2.22. The Morgan fingerprint density at radius 3 is 2.82 bits per heavy atom. The fourth-order valence-corrected chi connectivity index (χ4v) is 1.87. The van der Waals surface area contributed by atoms with Crippen LogP contribution in [0.1, 0.15) is 31.7 Å². The topological polar surface area (TPSA) is 67.8 Å². The molecule has 124 valence electrons. The van der Waals surface area contributed by atoms with Crippen molar-refractivity contribution < 1.29 is 9.47 Å². The van der Waals surface area contributed by atoms with Crippen LogP contribution in [0.2, 0.25) is 0 Å². The van der Waals surface area contributed by atoms with Gasteiger partial charge in [0.15, 0.2) is 5.96 Å². The second kappa shape index (κ2) is 11.8. The molecule has 0 aliphatic rings. The number of ether oxygens (including phenoxy) is 2. The quantitative estimate of drug-likeness (QED) is 0.393. The third-order valence-corrected chi connectivity index (χ3v) is 3.11. The molecule has 0 unspecified atom stereocenters. The zero-order chi connectivity index (χ0) is 16.0. The standard InChI is InChI=1S/C16H28N4O2/c1-4-5-11-22-12-7-10-19-16(17-2)20-13-14-8-6-9-18-15(14)21-3/h6,8-9H,4-5,7,10-13H2,1-3H3,(H2,17,19,20). The Morgan fingerprint density at radius 1 is 1.27 bits per heavy atom. The van der Waals surface area contributed by atoms with Crippen LogP contribution < -0.4 is 15.4 Å². The summed E-state index contributed by atoms with van der Waals surface area (Å²) in [5, 5.41) is 6.52. The number of pyridine rings is 1. The van der Waals surface area contributed by atoms with Crippen molar-refractivity contribution >= 4 is 5.96 Å². The molecule has 2 N–H and O–H groups in total. The molecule has 0 fully saturated rings. The van der Waals surface area contributed by atoms with Gasteiger partial charge in [0.2, 0.25) is 5.88 Å². The maximum atomic E-state index is 5.52. The Hall–Kier alpha value is -1.82. The lowest BCUT2D eigenvalue weighted by molar-refractivity contribution is 0.129. The van der Waals surface area contributed by atoms with E-state index in [4.69, 9.17) is 9.47 Å². The van der Waals surface area contributed by atoms with E-state index in [1.54, 1.807) is 20.4 Å². The maximum absolute atomic E-state index is 5.52. The molecule has 0 atom stereocenters. The van der Waals surface area contributed by atoms with Crippen LogP contribution in [0.3, 0.4) is 0 Å². The molecule has 1 rings (SSSR count). The zero-order valence-corrected chi connectivity index (χ0v) is 13.9. The molecule has 6 nitrogen and oxygen atoms in total. The van der Waals surface area contributed by atoms with Gasteiger partial charge in [-0.15, -0.1) is 0 Å². The van der Waals surface area contributed by atoms with Gasteiger partial charge in [-0.05, 0) is 18.9 Å². The van der Waals surface area contributed by atoms with E-state index in [1.807, 2.05) is 12.1 Å². The fourth-order valence-electron chi connectivity index (χ4n) is 1.87. The number of aromatic nitrogens is 1. The molecule has 0 bridgehead atoms. The molecule has 0 aliphatic carbocycles. The number of nitrogens with one attached hydrogen (secondary N) is 2. The molecule has 0 spiro atoms. The molecule has 0 aliphatic heterocycles. The lowest BCUT2D eigenvalue weighted by Gasteiger charge is -2.13. The van der Waals surface area contributed by atoms with Crippen LogP contribution in [0.15, 0.2) is 23.3 Å². The van der Waals surface area contributed by atoms with Gasteiger partial charge in [-0.25, -0.2) is 4.98 Å². The predicted octanol–water partition coefficient (Wildman–Crippen LogP) is 1.96. The van der Waals surface area contributed by atoms with Gasteiger partial charge in [0.05, 0.1) is 7.11 Å². The first-order valence-electron chi connectivity index (χ1n) is 7.82. The zero-order valence-electron chi connectivity index (χ0n) is 13.9. The van der Waals surface area contributed by atoms with Crippen LogP contribution in [-0.2, 0) is 11.3 Å². The van der Waals surface area contributed by atoms with Gasteiger partial charge in [0, 0.05) is 45.1 Å². The van der Waals surface area contributed by atoms with E-state index in [2.05, 4.69) is 27.5 Å². The van der Waals surface area contributed by atoms with Crippen molar-refractivity contribution in [3.05, 3.63) is 23.9 Å². The van der Waals surface area contributed by atoms with E-state index in [0.717, 1.165) is 44.1 Å². The highest BCUT2D eigenvalue weighted by Gasteiger charge is 2.04. The molecule has 0 saturated carbocycles. The van der Waals surface area contributed by atoms with E-state index in [1.165, 1.54) is 6.42 Å². The predicted molar refractivity (Wildman–Crippen MR) is 89.3 cm³/mol. The molecule has 22 heavy (non-hydrogen) atoms. The summed E-state index contributed by atoms with van der Waals surface area (Å²) < 4.78 is 10.8. The Kier molecular flexibility index (Phi) is 9.78. The van der Waals surface area contributed by atoms with Crippen molar-refractivity contribution in [3.8, 4) is 5.88 Å². The third kappa shape index (κ3) is 7.26. The first-order valence-corrected chi connectivity index (χ1v) is 7.82. The highest BCUT2D eigenvalue weighted by molar-refractivity contribution is 5.79. The highest BCUT2D eigenvalue weighted by atomic mass is 16.5. The SMILES string of the molecule is CCCCOCCCNC(=NC)NCc1cccnc1OC. The van der Waals surface area contributed by atoms with Gasteiger partial charge in [-0.3, -0.25) is 4.99 Å². The summed E-state index contributed by atoms with van der Waals surface area (Å²) in [6.07, 6.45) is 4.98. The summed E-state index contributed by atoms with van der Waals surface area (Å²) in [6.45, 7) is 5.24. The molecular weight excluding hydrogens is 280 g/mol. The maximum Gasteiger partial charge on any atom is 0.218 e. The van der Waals surface area contributed by atoms with Crippen molar-refractivity contribution in [1.29, 1.82) is 0 Å². The van der Waals surface area contributed by atoms with Gasteiger partial charge in [0.25, 0.3) is 0 Å². The van der Waals surface area contributed by atoms with Crippen molar-refractivity contribution in [3.63, 3.8) is 0 Å². The summed E-state index contributed by atoms with van der Waals surface area (Å²) in [6, 6.07) is 3.87. The Bertz CT molecular complexity index is 438. The molecule has 1 aromatic heterocycles. The molecular formula is C16H28N4O2. The van der Waals surface area contributed by atoms with Gasteiger partial charge in [-0.1, -0.05) is 19.4 Å². The minimum absolute atomic E-state index is 0.615. The average Bonchev–Trinajstić information content (AvgIpc) is 2.57.